The number of nitrogens with two attached hydrogens (primary N) is 1. The van der Waals surface area contributed by atoms with Crippen molar-refractivity contribution in [3.05, 3.63) is 42.1 Å². The summed E-state index contributed by atoms with van der Waals surface area (Å²) in [6.07, 6.45) is 3.00. The van der Waals surface area contributed by atoms with Gasteiger partial charge in [0.05, 0.1) is 28.9 Å². The van der Waals surface area contributed by atoms with Gasteiger partial charge in [-0.15, -0.1) is 5.10 Å². The molecule has 0 amide bonds. The minimum Gasteiger partial charge on any atom is -0.389 e. The van der Waals surface area contributed by atoms with Crippen molar-refractivity contribution >= 4 is 15.8 Å². The van der Waals surface area contributed by atoms with E-state index in [4.69, 9.17) is 5.73 Å². The second-order valence-corrected chi connectivity index (χ2v) is 10.2. The van der Waals surface area contributed by atoms with Crippen LogP contribution in [-0.2, 0) is 16.6 Å². The van der Waals surface area contributed by atoms with E-state index in [-0.39, 0.29) is 17.3 Å². The Labute approximate surface area is 187 Å². The van der Waals surface area contributed by atoms with Crippen LogP contribution in [0.25, 0.3) is 17.1 Å². The van der Waals surface area contributed by atoms with Gasteiger partial charge in [0.1, 0.15) is 6.33 Å². The Morgan fingerprint density at radius 1 is 1.25 bits per heavy atom. The van der Waals surface area contributed by atoms with Crippen molar-refractivity contribution in [2.24, 2.45) is 0 Å². The quantitative estimate of drug-likeness (QED) is 0.441. The number of rotatable bonds is 8. The first kappa shape index (κ1) is 23.7. The maximum absolute atomic E-state index is 12.7. The summed E-state index contributed by atoms with van der Waals surface area (Å²) in [5.74, 6) is 1.07. The van der Waals surface area contributed by atoms with E-state index in [1.54, 1.807) is 6.07 Å². The van der Waals surface area contributed by atoms with Gasteiger partial charge >= 0.3 is 0 Å². The van der Waals surface area contributed by atoms with Crippen LogP contribution in [0.4, 0.5) is 5.82 Å². The number of nitrogen functional groups attached to an aromatic ring is 1. The minimum absolute atomic E-state index is 0.0524. The average Bonchev–Trinajstić information content (AvgIpc) is 3.14. The molecule has 32 heavy (non-hydrogen) atoms. The standard InChI is InChI=1S/C20H28N8O3S/c1-13-6-7-14(32(30,31)24-11-20(2,3)29)8-15(13)16-9-22-18(21)19(25-16)28-12-23-17(26-28)10-27(4)5/h6-9,12,24,29H,10-11H2,1-5H3,(H2,21,22). The summed E-state index contributed by atoms with van der Waals surface area (Å²) in [5, 5.41) is 14.2. The molecule has 11 nitrogen and oxygen atoms in total. The molecule has 1 aromatic carbocycles. The van der Waals surface area contributed by atoms with Gasteiger partial charge in [-0.3, -0.25) is 0 Å². The smallest absolute Gasteiger partial charge is 0.240 e. The number of hydrogen-bond donors (Lipinski definition) is 3. The highest BCUT2D eigenvalue weighted by atomic mass is 32.2. The topological polar surface area (TPSA) is 152 Å². The third-order valence-electron chi connectivity index (χ3n) is 4.49. The summed E-state index contributed by atoms with van der Waals surface area (Å²) >= 11 is 0. The average molecular weight is 461 g/mol. The lowest BCUT2D eigenvalue weighted by molar-refractivity contribution is 0.0857. The number of aromatic nitrogens is 5. The molecule has 2 heterocycles. The molecule has 0 spiro atoms. The van der Waals surface area contributed by atoms with Crippen LogP contribution in [0, 0.1) is 6.92 Å². The number of nitrogens with one attached hydrogen (secondary N) is 1. The van der Waals surface area contributed by atoms with Gasteiger partial charge < -0.3 is 15.7 Å². The van der Waals surface area contributed by atoms with Crippen molar-refractivity contribution in [3.63, 3.8) is 0 Å². The maximum atomic E-state index is 12.7. The van der Waals surface area contributed by atoms with E-state index >= 15 is 0 Å². The zero-order chi connectivity index (χ0) is 23.7. The third-order valence-corrected chi connectivity index (χ3v) is 5.88. The normalized spacial score (nSPS) is 12.5. The van der Waals surface area contributed by atoms with Crippen LogP contribution in [0.15, 0.2) is 35.6 Å². The van der Waals surface area contributed by atoms with Gasteiger partial charge in [0.25, 0.3) is 0 Å². The highest BCUT2D eigenvalue weighted by Gasteiger charge is 2.21. The number of hydrogen-bond acceptors (Lipinski definition) is 9. The summed E-state index contributed by atoms with van der Waals surface area (Å²) in [7, 11) is -0.00968. The zero-order valence-corrected chi connectivity index (χ0v) is 19.6. The summed E-state index contributed by atoms with van der Waals surface area (Å²) < 4.78 is 29.3. The molecular weight excluding hydrogens is 432 g/mol. The van der Waals surface area contributed by atoms with E-state index in [2.05, 4.69) is 24.8 Å². The van der Waals surface area contributed by atoms with Crippen molar-refractivity contribution in [1.29, 1.82) is 0 Å². The molecule has 172 valence electrons. The summed E-state index contributed by atoms with van der Waals surface area (Å²) in [6.45, 7) is 5.33. The van der Waals surface area contributed by atoms with Gasteiger partial charge in [-0.1, -0.05) is 6.07 Å². The van der Waals surface area contributed by atoms with E-state index in [1.165, 1.54) is 43.2 Å². The second-order valence-electron chi connectivity index (χ2n) is 8.42. The molecular formula is C20H28N8O3S. The summed E-state index contributed by atoms with van der Waals surface area (Å²) in [6, 6.07) is 4.71. The molecule has 0 saturated carbocycles. The Kier molecular flexibility index (Phi) is 6.60. The molecule has 4 N–H and O–H groups in total. The second kappa shape index (κ2) is 8.90. The number of anilines is 1. The van der Waals surface area contributed by atoms with Gasteiger partial charge in [0.2, 0.25) is 10.0 Å². The highest BCUT2D eigenvalue weighted by Crippen LogP contribution is 2.26. The van der Waals surface area contributed by atoms with Gasteiger partial charge in [-0.2, -0.15) is 4.68 Å². The molecule has 12 heteroatoms. The molecule has 2 aromatic heterocycles. The molecule has 0 radical (unpaired) electrons. The lowest BCUT2D eigenvalue weighted by Crippen LogP contribution is -2.38. The number of aliphatic hydroxyl groups is 1. The number of nitrogens with zero attached hydrogens (tertiary/aromatic N) is 6. The third kappa shape index (κ3) is 5.65. The lowest BCUT2D eigenvalue weighted by Gasteiger charge is -2.18. The van der Waals surface area contributed by atoms with Crippen molar-refractivity contribution in [1.82, 2.24) is 34.4 Å². The number of aryl methyl sites for hydroxylation is 1. The van der Waals surface area contributed by atoms with Gasteiger partial charge in [0, 0.05) is 12.1 Å². The van der Waals surface area contributed by atoms with Crippen molar-refractivity contribution in [3.8, 4) is 17.1 Å². The van der Waals surface area contributed by atoms with Crippen LogP contribution >= 0.6 is 0 Å². The Balaban J connectivity index is 1.99. The Hall–Kier alpha value is -2.93. The SMILES string of the molecule is Cc1ccc(S(=O)(=O)NCC(C)(C)O)cc1-c1cnc(N)c(-n2cnc(CN(C)C)n2)n1. The van der Waals surface area contributed by atoms with Crippen LogP contribution in [-0.4, -0.2) is 69.4 Å². The first-order valence-electron chi connectivity index (χ1n) is 9.87. The monoisotopic (exact) mass is 460 g/mol. The zero-order valence-electron chi connectivity index (χ0n) is 18.7. The predicted octanol–water partition coefficient (Wildman–Crippen LogP) is 0.726. The van der Waals surface area contributed by atoms with Gasteiger partial charge in [-0.05, 0) is 52.6 Å². The van der Waals surface area contributed by atoms with Crippen LogP contribution in [0.2, 0.25) is 0 Å². The van der Waals surface area contributed by atoms with Gasteiger partial charge in [-0.25, -0.2) is 28.1 Å². The fourth-order valence-corrected chi connectivity index (χ4v) is 4.07. The number of benzene rings is 1. The fraction of sp³-hybridized carbons (Fsp3) is 0.400. The van der Waals surface area contributed by atoms with Crippen LogP contribution in [0.5, 0.6) is 0 Å². The van der Waals surface area contributed by atoms with Crippen molar-refractivity contribution in [2.45, 2.75) is 37.8 Å². The van der Waals surface area contributed by atoms with Crippen LogP contribution < -0.4 is 10.5 Å². The first-order chi connectivity index (χ1) is 14.9. The van der Waals surface area contributed by atoms with E-state index in [1.807, 2.05) is 25.9 Å². The molecule has 3 aromatic rings. The molecule has 0 unspecified atom stereocenters. The molecule has 0 aliphatic carbocycles. The molecule has 0 fully saturated rings. The van der Waals surface area contributed by atoms with Crippen molar-refractivity contribution in [2.75, 3.05) is 26.4 Å². The summed E-state index contributed by atoms with van der Waals surface area (Å²) in [4.78, 5) is 15.0. The van der Waals surface area contributed by atoms with Gasteiger partial charge in [0.15, 0.2) is 17.5 Å². The fourth-order valence-electron chi connectivity index (χ4n) is 2.84. The number of sulfonamides is 1. The summed E-state index contributed by atoms with van der Waals surface area (Å²) in [5.41, 5.74) is 6.68. The Morgan fingerprint density at radius 3 is 2.62 bits per heavy atom. The molecule has 0 aliphatic heterocycles. The van der Waals surface area contributed by atoms with Crippen LogP contribution in [0.1, 0.15) is 25.2 Å². The Morgan fingerprint density at radius 2 is 1.97 bits per heavy atom. The molecule has 0 bridgehead atoms. The van der Waals surface area contributed by atoms with Crippen molar-refractivity contribution < 1.29 is 13.5 Å². The molecule has 3 rings (SSSR count). The van der Waals surface area contributed by atoms with E-state index in [0.29, 0.717) is 29.4 Å². The largest absolute Gasteiger partial charge is 0.389 e. The highest BCUT2D eigenvalue weighted by molar-refractivity contribution is 7.89. The molecule has 0 saturated heterocycles. The lowest BCUT2D eigenvalue weighted by atomic mass is 10.1. The van der Waals surface area contributed by atoms with E-state index < -0.39 is 15.6 Å². The van der Waals surface area contributed by atoms with E-state index in [9.17, 15) is 13.5 Å². The molecule has 0 atom stereocenters. The Bertz CT molecular complexity index is 1220. The predicted molar refractivity (Wildman–Crippen MR) is 120 cm³/mol. The van der Waals surface area contributed by atoms with E-state index in [0.717, 1.165) is 5.56 Å². The maximum Gasteiger partial charge on any atom is 0.240 e. The van der Waals surface area contributed by atoms with Crippen LogP contribution in [0.3, 0.4) is 0 Å². The minimum atomic E-state index is -3.83. The molecule has 0 aliphatic rings. The first-order valence-corrected chi connectivity index (χ1v) is 11.4.